The number of piperazine rings is 1. The first kappa shape index (κ1) is 22.5. The first-order valence-electron chi connectivity index (χ1n) is 11.3. The van der Waals surface area contributed by atoms with Gasteiger partial charge in [0.15, 0.2) is 0 Å². The van der Waals surface area contributed by atoms with Gasteiger partial charge in [-0.3, -0.25) is 14.2 Å². The van der Waals surface area contributed by atoms with Gasteiger partial charge in [-0.05, 0) is 32.0 Å². The Morgan fingerprint density at radius 3 is 2.50 bits per heavy atom. The van der Waals surface area contributed by atoms with Crippen LogP contribution in [0.15, 0.2) is 47.5 Å². The van der Waals surface area contributed by atoms with Crippen molar-refractivity contribution < 1.29 is 9.59 Å². The SMILES string of the molecule is Cc1ncn(-c2cc(N3CCN(C(=O)C4CC(=O)N(c5cccc(Br)c5)C4)CC3)ncn2)c1C. The summed E-state index contributed by atoms with van der Waals surface area (Å²) in [6.45, 7) is 6.97. The number of aryl methyl sites for hydroxylation is 1. The second-order valence-electron chi connectivity index (χ2n) is 8.72. The Kier molecular flexibility index (Phi) is 6.07. The van der Waals surface area contributed by atoms with Crippen LogP contribution in [0.1, 0.15) is 17.8 Å². The highest BCUT2D eigenvalue weighted by molar-refractivity contribution is 9.10. The molecule has 0 spiro atoms. The largest absolute Gasteiger partial charge is 0.353 e. The van der Waals surface area contributed by atoms with Crippen molar-refractivity contribution in [2.75, 3.05) is 42.5 Å². The molecule has 2 fully saturated rings. The monoisotopic (exact) mass is 523 g/mol. The molecule has 5 rings (SSSR count). The lowest BCUT2D eigenvalue weighted by molar-refractivity contribution is -0.136. The van der Waals surface area contributed by atoms with Gasteiger partial charge in [0, 0.05) is 61.1 Å². The maximum Gasteiger partial charge on any atom is 0.228 e. The van der Waals surface area contributed by atoms with Gasteiger partial charge < -0.3 is 14.7 Å². The summed E-state index contributed by atoms with van der Waals surface area (Å²) in [5, 5.41) is 0. The molecule has 4 heterocycles. The summed E-state index contributed by atoms with van der Waals surface area (Å²) in [6, 6.07) is 9.58. The molecule has 0 radical (unpaired) electrons. The van der Waals surface area contributed by atoms with Gasteiger partial charge in [0.1, 0.15) is 24.3 Å². The lowest BCUT2D eigenvalue weighted by atomic mass is 10.1. The van der Waals surface area contributed by atoms with Crippen LogP contribution in [0.25, 0.3) is 5.82 Å². The number of carbonyl (C=O) groups excluding carboxylic acids is 2. The van der Waals surface area contributed by atoms with Crippen LogP contribution in [-0.4, -0.2) is 69.0 Å². The third kappa shape index (κ3) is 4.29. The topological polar surface area (TPSA) is 87.5 Å². The van der Waals surface area contributed by atoms with Crippen LogP contribution in [0.2, 0.25) is 0 Å². The van der Waals surface area contributed by atoms with Crippen molar-refractivity contribution in [3.63, 3.8) is 0 Å². The fourth-order valence-electron chi connectivity index (χ4n) is 4.55. The average molecular weight is 524 g/mol. The van der Waals surface area contributed by atoms with Crippen LogP contribution < -0.4 is 9.80 Å². The van der Waals surface area contributed by atoms with Crippen molar-refractivity contribution in [2.24, 2.45) is 5.92 Å². The second kappa shape index (κ2) is 9.17. The van der Waals surface area contributed by atoms with E-state index >= 15 is 0 Å². The van der Waals surface area contributed by atoms with Gasteiger partial charge in [0.25, 0.3) is 0 Å². The molecule has 0 saturated carbocycles. The number of aromatic nitrogens is 4. The minimum absolute atomic E-state index is 0.00590. The zero-order valence-corrected chi connectivity index (χ0v) is 20.8. The Balaban J connectivity index is 1.22. The smallest absolute Gasteiger partial charge is 0.228 e. The number of benzene rings is 1. The Morgan fingerprint density at radius 2 is 1.79 bits per heavy atom. The van der Waals surface area contributed by atoms with Crippen LogP contribution >= 0.6 is 15.9 Å². The summed E-state index contributed by atoms with van der Waals surface area (Å²) in [4.78, 5) is 44.8. The zero-order valence-electron chi connectivity index (χ0n) is 19.2. The van der Waals surface area contributed by atoms with Gasteiger partial charge >= 0.3 is 0 Å². The summed E-state index contributed by atoms with van der Waals surface area (Å²) < 4.78 is 2.86. The zero-order chi connectivity index (χ0) is 23.8. The predicted octanol–water partition coefficient (Wildman–Crippen LogP) is 2.74. The van der Waals surface area contributed by atoms with E-state index in [0.717, 1.165) is 33.2 Å². The number of carbonyl (C=O) groups is 2. The summed E-state index contributed by atoms with van der Waals surface area (Å²) in [5.41, 5.74) is 2.83. The highest BCUT2D eigenvalue weighted by Gasteiger charge is 2.38. The number of hydrogen-bond donors (Lipinski definition) is 0. The van der Waals surface area contributed by atoms with E-state index in [9.17, 15) is 9.59 Å². The average Bonchev–Trinajstić information content (AvgIpc) is 3.41. The van der Waals surface area contributed by atoms with E-state index in [1.807, 2.05) is 53.6 Å². The molecular formula is C24H26BrN7O2. The van der Waals surface area contributed by atoms with Crippen molar-refractivity contribution in [1.29, 1.82) is 0 Å². The molecule has 1 aromatic carbocycles. The highest BCUT2D eigenvalue weighted by atomic mass is 79.9. The summed E-state index contributed by atoms with van der Waals surface area (Å²) in [7, 11) is 0. The van der Waals surface area contributed by atoms with Gasteiger partial charge in [-0.25, -0.2) is 15.0 Å². The minimum atomic E-state index is -0.309. The lowest BCUT2D eigenvalue weighted by Crippen LogP contribution is -2.51. The van der Waals surface area contributed by atoms with Crippen molar-refractivity contribution >= 4 is 39.2 Å². The molecular weight excluding hydrogens is 498 g/mol. The molecule has 2 aromatic heterocycles. The summed E-state index contributed by atoms with van der Waals surface area (Å²) in [6.07, 6.45) is 3.59. The molecule has 176 valence electrons. The van der Waals surface area contributed by atoms with E-state index in [1.54, 1.807) is 17.6 Å². The van der Waals surface area contributed by atoms with Crippen LogP contribution in [0, 0.1) is 19.8 Å². The molecule has 34 heavy (non-hydrogen) atoms. The van der Waals surface area contributed by atoms with Gasteiger partial charge in [-0.15, -0.1) is 0 Å². The number of imidazole rings is 1. The number of amides is 2. The normalized spacial score (nSPS) is 18.6. The van der Waals surface area contributed by atoms with Crippen molar-refractivity contribution in [2.45, 2.75) is 20.3 Å². The fourth-order valence-corrected chi connectivity index (χ4v) is 4.94. The number of nitrogens with zero attached hydrogens (tertiary/aromatic N) is 7. The standard InChI is InChI=1S/C24H26BrN7O2/c1-16-17(2)32(15-28-16)22-12-21(26-14-27-22)29-6-8-30(9-7-29)24(34)18-10-23(33)31(13-18)20-5-3-4-19(25)11-20/h3-5,11-12,14-15,18H,6-10,13H2,1-2H3. The van der Waals surface area contributed by atoms with Crippen LogP contribution in [-0.2, 0) is 9.59 Å². The number of rotatable bonds is 4. The van der Waals surface area contributed by atoms with Gasteiger partial charge in [-0.2, -0.15) is 0 Å². The van der Waals surface area contributed by atoms with Crippen molar-refractivity contribution in [1.82, 2.24) is 24.4 Å². The molecule has 9 nitrogen and oxygen atoms in total. The molecule has 1 atom stereocenters. The molecule has 0 bridgehead atoms. The third-order valence-electron chi connectivity index (χ3n) is 6.65. The van der Waals surface area contributed by atoms with Crippen LogP contribution in [0.4, 0.5) is 11.5 Å². The minimum Gasteiger partial charge on any atom is -0.353 e. The maximum absolute atomic E-state index is 13.2. The molecule has 10 heteroatoms. The summed E-state index contributed by atoms with van der Waals surface area (Å²) in [5.74, 6) is 1.35. The molecule has 2 saturated heterocycles. The molecule has 0 N–H and O–H groups in total. The van der Waals surface area contributed by atoms with Crippen LogP contribution in [0.5, 0.6) is 0 Å². The van der Waals surface area contributed by atoms with E-state index in [4.69, 9.17) is 0 Å². The number of halogens is 1. The van der Waals surface area contributed by atoms with Crippen molar-refractivity contribution in [3.8, 4) is 5.82 Å². The van der Waals surface area contributed by atoms with E-state index in [0.29, 0.717) is 32.7 Å². The van der Waals surface area contributed by atoms with E-state index in [-0.39, 0.29) is 24.2 Å². The number of anilines is 2. The molecule has 1 unspecified atom stereocenters. The first-order chi connectivity index (χ1) is 16.4. The van der Waals surface area contributed by atoms with E-state index in [2.05, 4.69) is 35.8 Å². The Labute approximate surface area is 206 Å². The molecule has 2 aliphatic rings. The highest BCUT2D eigenvalue weighted by Crippen LogP contribution is 2.29. The first-order valence-corrected chi connectivity index (χ1v) is 12.1. The Bertz CT molecular complexity index is 1240. The lowest BCUT2D eigenvalue weighted by Gasteiger charge is -2.36. The van der Waals surface area contributed by atoms with Crippen LogP contribution in [0.3, 0.4) is 0 Å². The van der Waals surface area contributed by atoms with Gasteiger partial charge in [0.05, 0.1) is 11.6 Å². The molecule has 0 aliphatic carbocycles. The van der Waals surface area contributed by atoms with Gasteiger partial charge in [-0.1, -0.05) is 22.0 Å². The Hall–Kier alpha value is -3.27. The number of hydrogen-bond acceptors (Lipinski definition) is 6. The van der Waals surface area contributed by atoms with E-state index in [1.165, 1.54) is 0 Å². The Morgan fingerprint density at radius 1 is 1.03 bits per heavy atom. The maximum atomic E-state index is 13.2. The molecule has 2 amide bonds. The predicted molar refractivity (Wildman–Crippen MR) is 132 cm³/mol. The van der Waals surface area contributed by atoms with Crippen molar-refractivity contribution in [3.05, 3.63) is 58.8 Å². The quantitative estimate of drug-likeness (QED) is 0.522. The second-order valence-corrected chi connectivity index (χ2v) is 9.63. The fraction of sp³-hybridized carbons (Fsp3) is 0.375. The molecule has 2 aliphatic heterocycles. The third-order valence-corrected chi connectivity index (χ3v) is 7.14. The van der Waals surface area contributed by atoms with E-state index < -0.39 is 0 Å². The van der Waals surface area contributed by atoms with Gasteiger partial charge in [0.2, 0.25) is 11.8 Å². The summed E-state index contributed by atoms with van der Waals surface area (Å²) >= 11 is 3.45. The molecule has 3 aromatic rings.